The van der Waals surface area contributed by atoms with E-state index in [0.29, 0.717) is 11.3 Å². The number of ether oxygens (including phenoxy) is 1. The lowest BCUT2D eigenvalue weighted by atomic mass is 10.1. The summed E-state index contributed by atoms with van der Waals surface area (Å²) in [5, 5.41) is 11.4. The lowest BCUT2D eigenvalue weighted by Gasteiger charge is -2.11. The quantitative estimate of drug-likeness (QED) is 0.651. The van der Waals surface area contributed by atoms with Gasteiger partial charge in [0.2, 0.25) is 0 Å². The number of carbonyl (C=O) groups is 2. The molecule has 0 fully saturated rings. The van der Waals surface area contributed by atoms with Gasteiger partial charge in [-0.1, -0.05) is 12.1 Å². The van der Waals surface area contributed by atoms with Crippen LogP contribution in [0, 0.1) is 11.3 Å². The summed E-state index contributed by atoms with van der Waals surface area (Å²) in [7, 11) is 0. The first-order valence-corrected chi connectivity index (χ1v) is 7.26. The molecule has 0 aliphatic heterocycles. The Bertz CT molecular complexity index is 755. The fourth-order valence-electron chi connectivity index (χ4n) is 1.91. The maximum Gasteiger partial charge on any atom is 0.331 e. The smallest absolute Gasteiger partial charge is 0.331 e. The first-order valence-electron chi connectivity index (χ1n) is 7.26. The molecule has 6 nitrogen and oxygen atoms in total. The average Bonchev–Trinajstić information content (AvgIpc) is 3.13. The Morgan fingerprint density at radius 2 is 2.08 bits per heavy atom. The fraction of sp³-hybridized carbons (Fsp3) is 0.167. The average molecular weight is 324 g/mol. The van der Waals surface area contributed by atoms with Gasteiger partial charge in [0.1, 0.15) is 5.76 Å². The van der Waals surface area contributed by atoms with Gasteiger partial charge in [0, 0.05) is 6.08 Å². The van der Waals surface area contributed by atoms with Crippen LogP contribution in [0.5, 0.6) is 0 Å². The minimum Gasteiger partial charge on any atom is -0.467 e. The molecule has 1 amide bonds. The Hall–Kier alpha value is -3.33. The van der Waals surface area contributed by atoms with Crippen molar-refractivity contribution in [1.29, 1.82) is 5.26 Å². The first-order chi connectivity index (χ1) is 11.6. The molecule has 0 aliphatic carbocycles. The summed E-state index contributed by atoms with van der Waals surface area (Å²) < 4.78 is 10.0. The Morgan fingerprint density at radius 1 is 1.33 bits per heavy atom. The molecule has 1 N–H and O–H groups in total. The van der Waals surface area contributed by atoms with Crippen molar-refractivity contribution in [2.24, 2.45) is 0 Å². The number of esters is 1. The molecule has 0 saturated heterocycles. The van der Waals surface area contributed by atoms with Crippen LogP contribution in [0.2, 0.25) is 0 Å². The minimum absolute atomic E-state index is 0.305. The van der Waals surface area contributed by atoms with E-state index in [9.17, 15) is 9.59 Å². The molecule has 0 bridgehead atoms. The third-order valence-electron chi connectivity index (χ3n) is 3.14. The van der Waals surface area contributed by atoms with E-state index in [2.05, 4.69) is 5.32 Å². The van der Waals surface area contributed by atoms with Gasteiger partial charge in [-0.2, -0.15) is 5.26 Å². The Labute approximate surface area is 139 Å². The van der Waals surface area contributed by atoms with E-state index < -0.39 is 11.9 Å². The van der Waals surface area contributed by atoms with Gasteiger partial charge in [-0.25, -0.2) is 4.79 Å². The van der Waals surface area contributed by atoms with Crippen molar-refractivity contribution in [1.82, 2.24) is 5.32 Å². The summed E-state index contributed by atoms with van der Waals surface area (Å²) in [6.07, 6.45) is 4.30. The largest absolute Gasteiger partial charge is 0.467 e. The van der Waals surface area contributed by atoms with Crippen molar-refractivity contribution >= 4 is 18.0 Å². The maximum atomic E-state index is 11.7. The van der Waals surface area contributed by atoms with E-state index in [1.807, 2.05) is 6.07 Å². The lowest BCUT2D eigenvalue weighted by molar-refractivity contribution is -0.144. The van der Waals surface area contributed by atoms with Crippen molar-refractivity contribution in [2.75, 3.05) is 6.61 Å². The van der Waals surface area contributed by atoms with Gasteiger partial charge in [0.25, 0.3) is 5.91 Å². The van der Waals surface area contributed by atoms with E-state index >= 15 is 0 Å². The minimum atomic E-state index is -0.625. The van der Waals surface area contributed by atoms with E-state index in [0.717, 1.165) is 5.56 Å². The zero-order chi connectivity index (χ0) is 17.4. The summed E-state index contributed by atoms with van der Waals surface area (Å²) in [6, 6.07) is 11.9. The number of nitrogens with one attached hydrogen (secondary N) is 1. The summed E-state index contributed by atoms with van der Waals surface area (Å²) in [6.45, 7) is 1.39. The highest BCUT2D eigenvalue weighted by Crippen LogP contribution is 2.11. The predicted octanol–water partition coefficient (Wildman–Crippen LogP) is 2.59. The molecule has 1 heterocycles. The predicted molar refractivity (Wildman–Crippen MR) is 86.4 cm³/mol. The van der Waals surface area contributed by atoms with Crippen molar-refractivity contribution in [2.45, 2.75) is 13.0 Å². The lowest BCUT2D eigenvalue weighted by Crippen LogP contribution is -2.30. The van der Waals surface area contributed by atoms with Crippen LogP contribution in [0.4, 0.5) is 0 Å². The number of hydrogen-bond acceptors (Lipinski definition) is 5. The normalized spacial score (nSPS) is 11.7. The van der Waals surface area contributed by atoms with Gasteiger partial charge < -0.3 is 14.5 Å². The van der Waals surface area contributed by atoms with Crippen LogP contribution in [0.25, 0.3) is 6.08 Å². The summed E-state index contributed by atoms with van der Waals surface area (Å²) in [5.41, 5.74) is 1.29. The summed E-state index contributed by atoms with van der Waals surface area (Å²) in [5.74, 6) is -0.422. The Balaban J connectivity index is 1.76. The number of amides is 1. The number of hydrogen-bond donors (Lipinski definition) is 1. The van der Waals surface area contributed by atoms with Crippen LogP contribution < -0.4 is 5.32 Å². The number of nitrogens with zero attached hydrogens (tertiary/aromatic N) is 1. The molecule has 6 heteroatoms. The summed E-state index contributed by atoms with van der Waals surface area (Å²) in [4.78, 5) is 23.3. The molecule has 0 saturated carbocycles. The Morgan fingerprint density at radius 3 is 2.71 bits per heavy atom. The van der Waals surface area contributed by atoms with Crippen molar-refractivity contribution in [3.63, 3.8) is 0 Å². The van der Waals surface area contributed by atoms with E-state index in [-0.39, 0.29) is 12.6 Å². The van der Waals surface area contributed by atoms with Gasteiger partial charge >= 0.3 is 5.97 Å². The van der Waals surface area contributed by atoms with Crippen LogP contribution in [-0.4, -0.2) is 18.5 Å². The van der Waals surface area contributed by atoms with Crippen molar-refractivity contribution in [3.05, 3.63) is 65.6 Å². The number of carbonyl (C=O) groups excluding carboxylic acids is 2. The molecule has 0 unspecified atom stereocenters. The van der Waals surface area contributed by atoms with Crippen molar-refractivity contribution < 1.29 is 18.7 Å². The highest BCUT2D eigenvalue weighted by atomic mass is 16.5. The molecular weight excluding hydrogens is 308 g/mol. The van der Waals surface area contributed by atoms with E-state index in [4.69, 9.17) is 14.4 Å². The van der Waals surface area contributed by atoms with E-state index in [1.165, 1.54) is 12.3 Å². The molecular formula is C18H16N2O4. The molecule has 122 valence electrons. The zero-order valence-corrected chi connectivity index (χ0v) is 13.1. The third kappa shape index (κ3) is 5.14. The molecule has 1 aromatic carbocycles. The van der Waals surface area contributed by atoms with E-state index in [1.54, 1.807) is 49.4 Å². The first kappa shape index (κ1) is 17.0. The van der Waals surface area contributed by atoms with Crippen LogP contribution >= 0.6 is 0 Å². The standard InChI is InChI=1S/C18H16N2O4/c1-13(16-3-2-10-23-16)20-17(21)12-24-18(22)9-8-14-4-6-15(11-19)7-5-14/h2-10,13H,12H2,1H3,(H,20,21)/b9-8+/t13-/m0/s1. The fourth-order valence-corrected chi connectivity index (χ4v) is 1.91. The van der Waals surface area contributed by atoms with Crippen LogP contribution in [-0.2, 0) is 14.3 Å². The maximum absolute atomic E-state index is 11.7. The topological polar surface area (TPSA) is 92.3 Å². The molecule has 2 aromatic rings. The van der Waals surface area contributed by atoms with Gasteiger partial charge in [-0.05, 0) is 42.8 Å². The second-order valence-electron chi connectivity index (χ2n) is 4.98. The number of furan rings is 1. The zero-order valence-electron chi connectivity index (χ0n) is 13.1. The molecule has 2 rings (SSSR count). The highest BCUT2D eigenvalue weighted by molar-refractivity contribution is 5.89. The molecule has 1 atom stereocenters. The Kier molecular flexibility index (Phi) is 5.92. The van der Waals surface area contributed by atoms with Gasteiger partial charge in [-0.15, -0.1) is 0 Å². The van der Waals surface area contributed by atoms with Crippen LogP contribution in [0.15, 0.2) is 53.2 Å². The molecule has 1 aromatic heterocycles. The second-order valence-corrected chi connectivity index (χ2v) is 4.98. The number of rotatable bonds is 6. The van der Waals surface area contributed by atoms with Gasteiger partial charge in [-0.3, -0.25) is 4.79 Å². The number of nitriles is 1. The van der Waals surface area contributed by atoms with Crippen molar-refractivity contribution in [3.8, 4) is 6.07 Å². The third-order valence-corrected chi connectivity index (χ3v) is 3.14. The van der Waals surface area contributed by atoms with Gasteiger partial charge in [0.15, 0.2) is 6.61 Å². The second kappa shape index (κ2) is 8.34. The molecule has 0 spiro atoms. The summed E-state index contributed by atoms with van der Waals surface area (Å²) >= 11 is 0. The van der Waals surface area contributed by atoms with Crippen LogP contribution in [0.3, 0.4) is 0 Å². The SMILES string of the molecule is C[C@H](NC(=O)COC(=O)/C=C/c1ccc(C#N)cc1)c1ccco1. The number of benzene rings is 1. The van der Waals surface area contributed by atoms with Gasteiger partial charge in [0.05, 0.1) is 23.9 Å². The molecule has 0 radical (unpaired) electrons. The monoisotopic (exact) mass is 324 g/mol. The molecule has 0 aliphatic rings. The molecule has 24 heavy (non-hydrogen) atoms. The van der Waals surface area contributed by atoms with Crippen LogP contribution in [0.1, 0.15) is 29.9 Å². The highest BCUT2D eigenvalue weighted by Gasteiger charge is 2.12.